The molecule has 1 aromatic heterocycles. The van der Waals surface area contributed by atoms with Crippen LogP contribution < -0.4 is 10.1 Å². The number of piperidine rings is 1. The van der Waals surface area contributed by atoms with Gasteiger partial charge < -0.3 is 14.8 Å². The Morgan fingerprint density at radius 2 is 2.32 bits per heavy atom. The summed E-state index contributed by atoms with van der Waals surface area (Å²) in [6.45, 7) is 4.41. The summed E-state index contributed by atoms with van der Waals surface area (Å²) in [5, 5.41) is 3.09. The third kappa shape index (κ3) is 3.80. The molecule has 0 bridgehead atoms. The average Bonchev–Trinajstić information content (AvgIpc) is 3.42. The third-order valence-electron chi connectivity index (χ3n) is 5.76. The SMILES string of the molecule is COc1ncccc1CN1CC[C@H]2CO[C@H](CNC(=O)C3CC3)[C@H]2C1. The summed E-state index contributed by atoms with van der Waals surface area (Å²) in [5.74, 6) is 2.30. The van der Waals surface area contributed by atoms with Gasteiger partial charge in [0.2, 0.25) is 11.8 Å². The van der Waals surface area contributed by atoms with E-state index in [4.69, 9.17) is 9.47 Å². The lowest BCUT2D eigenvalue weighted by Crippen LogP contribution is -2.45. The maximum atomic E-state index is 11.9. The monoisotopic (exact) mass is 345 g/mol. The molecular formula is C19H27N3O3. The standard InChI is InChI=1S/C19H27N3O3/c1-24-19-14(3-2-7-20-19)10-22-8-6-15-12-25-17(16(15)11-22)9-21-18(23)13-4-5-13/h2-3,7,13,15-17H,4-6,8-12H2,1H3,(H,21,23)/t15-,16-,17+/m0/s1. The molecule has 1 saturated carbocycles. The second-order valence-electron chi connectivity index (χ2n) is 7.51. The van der Waals surface area contributed by atoms with Gasteiger partial charge in [0.1, 0.15) is 0 Å². The van der Waals surface area contributed by atoms with Gasteiger partial charge in [-0.25, -0.2) is 4.98 Å². The van der Waals surface area contributed by atoms with Crippen LogP contribution >= 0.6 is 0 Å². The largest absolute Gasteiger partial charge is 0.481 e. The molecule has 136 valence electrons. The summed E-state index contributed by atoms with van der Waals surface area (Å²) in [4.78, 5) is 18.7. The smallest absolute Gasteiger partial charge is 0.223 e. The van der Waals surface area contributed by atoms with Crippen molar-refractivity contribution in [3.8, 4) is 5.88 Å². The van der Waals surface area contributed by atoms with Crippen LogP contribution in [0.3, 0.4) is 0 Å². The molecule has 1 aliphatic carbocycles. The number of hydrogen-bond donors (Lipinski definition) is 1. The molecule has 1 N–H and O–H groups in total. The van der Waals surface area contributed by atoms with Crippen molar-refractivity contribution in [2.45, 2.75) is 31.9 Å². The predicted octanol–water partition coefficient (Wildman–Crippen LogP) is 1.45. The van der Waals surface area contributed by atoms with Gasteiger partial charge in [-0.15, -0.1) is 0 Å². The molecule has 3 heterocycles. The van der Waals surface area contributed by atoms with Crippen molar-refractivity contribution in [1.29, 1.82) is 0 Å². The van der Waals surface area contributed by atoms with E-state index < -0.39 is 0 Å². The topological polar surface area (TPSA) is 63.7 Å². The second kappa shape index (κ2) is 7.30. The first-order valence-electron chi connectivity index (χ1n) is 9.34. The number of methoxy groups -OCH3 is 1. The number of nitrogens with zero attached hydrogens (tertiary/aromatic N) is 2. The van der Waals surface area contributed by atoms with Crippen LogP contribution in [0, 0.1) is 17.8 Å². The van der Waals surface area contributed by atoms with Crippen LogP contribution in [0.25, 0.3) is 0 Å². The number of hydrogen-bond acceptors (Lipinski definition) is 5. The van der Waals surface area contributed by atoms with Gasteiger partial charge in [-0.3, -0.25) is 9.69 Å². The maximum absolute atomic E-state index is 11.9. The van der Waals surface area contributed by atoms with E-state index in [0.29, 0.717) is 24.3 Å². The van der Waals surface area contributed by atoms with Crippen LogP contribution in [-0.4, -0.2) is 55.2 Å². The van der Waals surface area contributed by atoms with Crippen LogP contribution in [0.2, 0.25) is 0 Å². The number of aromatic nitrogens is 1. The summed E-state index contributed by atoms with van der Waals surface area (Å²) < 4.78 is 11.4. The number of ether oxygens (including phenoxy) is 2. The minimum atomic E-state index is 0.145. The van der Waals surface area contributed by atoms with Gasteiger partial charge >= 0.3 is 0 Å². The molecule has 0 spiro atoms. The zero-order valence-electron chi connectivity index (χ0n) is 14.8. The van der Waals surface area contributed by atoms with Crippen molar-refractivity contribution >= 4 is 5.91 Å². The highest BCUT2D eigenvalue weighted by atomic mass is 16.5. The maximum Gasteiger partial charge on any atom is 0.223 e. The number of nitrogens with one attached hydrogen (secondary N) is 1. The Morgan fingerprint density at radius 3 is 3.12 bits per heavy atom. The van der Waals surface area contributed by atoms with Gasteiger partial charge in [0.25, 0.3) is 0 Å². The van der Waals surface area contributed by atoms with E-state index in [-0.39, 0.29) is 17.9 Å². The highest BCUT2D eigenvalue weighted by Crippen LogP contribution is 2.35. The highest BCUT2D eigenvalue weighted by molar-refractivity contribution is 5.80. The summed E-state index contributed by atoms with van der Waals surface area (Å²) in [6.07, 6.45) is 5.15. The molecule has 1 aromatic rings. The van der Waals surface area contributed by atoms with Gasteiger partial charge in [-0.1, -0.05) is 6.07 Å². The van der Waals surface area contributed by atoms with E-state index >= 15 is 0 Å². The van der Waals surface area contributed by atoms with E-state index in [1.165, 1.54) is 0 Å². The number of fused-ring (bicyclic) bond motifs is 1. The Hall–Kier alpha value is -1.66. The Bertz CT molecular complexity index is 620. The quantitative estimate of drug-likeness (QED) is 0.846. The van der Waals surface area contributed by atoms with Gasteiger partial charge in [-0.05, 0) is 37.8 Å². The Labute approximate surface area is 148 Å². The van der Waals surface area contributed by atoms with Crippen molar-refractivity contribution in [3.05, 3.63) is 23.9 Å². The molecule has 6 heteroatoms. The zero-order chi connectivity index (χ0) is 17.2. The third-order valence-corrected chi connectivity index (χ3v) is 5.76. The summed E-state index contributed by atoms with van der Waals surface area (Å²) in [6, 6.07) is 4.04. The van der Waals surface area contributed by atoms with Crippen molar-refractivity contribution in [3.63, 3.8) is 0 Å². The molecule has 3 atom stereocenters. The lowest BCUT2D eigenvalue weighted by Gasteiger charge is -2.36. The average molecular weight is 345 g/mol. The normalized spacial score (nSPS) is 29.2. The molecular weight excluding hydrogens is 318 g/mol. The molecule has 3 aliphatic rings. The van der Waals surface area contributed by atoms with Gasteiger partial charge in [-0.2, -0.15) is 0 Å². The number of carbonyl (C=O) groups excluding carboxylic acids is 1. The van der Waals surface area contributed by atoms with Crippen LogP contribution in [0.5, 0.6) is 5.88 Å². The number of likely N-dealkylation sites (tertiary alicyclic amines) is 1. The lowest BCUT2D eigenvalue weighted by atomic mass is 9.84. The lowest BCUT2D eigenvalue weighted by molar-refractivity contribution is -0.122. The summed E-state index contributed by atoms with van der Waals surface area (Å²) in [7, 11) is 1.67. The fourth-order valence-corrected chi connectivity index (χ4v) is 4.11. The first-order chi connectivity index (χ1) is 12.2. The van der Waals surface area contributed by atoms with Crippen LogP contribution in [0.15, 0.2) is 18.3 Å². The number of amides is 1. The number of rotatable bonds is 6. The fraction of sp³-hybridized carbons (Fsp3) is 0.684. The van der Waals surface area contributed by atoms with E-state index in [1.54, 1.807) is 13.3 Å². The predicted molar refractivity (Wildman–Crippen MR) is 93.1 cm³/mol. The minimum Gasteiger partial charge on any atom is -0.481 e. The van der Waals surface area contributed by atoms with Crippen molar-refractivity contribution < 1.29 is 14.3 Å². The molecule has 25 heavy (non-hydrogen) atoms. The van der Waals surface area contributed by atoms with Crippen molar-refractivity contribution in [1.82, 2.24) is 15.2 Å². The highest BCUT2D eigenvalue weighted by Gasteiger charge is 2.41. The van der Waals surface area contributed by atoms with Gasteiger partial charge in [0, 0.05) is 43.2 Å². The Kier molecular flexibility index (Phi) is 4.90. The molecule has 1 amide bonds. The first-order valence-corrected chi connectivity index (χ1v) is 9.34. The number of pyridine rings is 1. The fourth-order valence-electron chi connectivity index (χ4n) is 4.11. The molecule has 2 aliphatic heterocycles. The van der Waals surface area contributed by atoms with Crippen LogP contribution in [0.4, 0.5) is 0 Å². The van der Waals surface area contributed by atoms with Crippen LogP contribution in [0.1, 0.15) is 24.8 Å². The van der Waals surface area contributed by atoms with Crippen LogP contribution in [-0.2, 0) is 16.1 Å². The zero-order valence-corrected chi connectivity index (χ0v) is 14.8. The van der Waals surface area contributed by atoms with E-state index in [1.807, 2.05) is 6.07 Å². The van der Waals surface area contributed by atoms with E-state index in [9.17, 15) is 4.79 Å². The number of carbonyl (C=O) groups is 1. The van der Waals surface area contributed by atoms with E-state index in [0.717, 1.165) is 51.1 Å². The summed E-state index contributed by atoms with van der Waals surface area (Å²) >= 11 is 0. The Morgan fingerprint density at radius 1 is 1.44 bits per heavy atom. The second-order valence-corrected chi connectivity index (χ2v) is 7.51. The minimum absolute atomic E-state index is 0.145. The molecule has 0 radical (unpaired) electrons. The van der Waals surface area contributed by atoms with Crippen molar-refractivity contribution in [2.75, 3.05) is 33.4 Å². The molecule has 0 aromatic carbocycles. The molecule has 6 nitrogen and oxygen atoms in total. The first kappa shape index (κ1) is 16.8. The Balaban J connectivity index is 1.35. The molecule has 3 fully saturated rings. The molecule has 2 saturated heterocycles. The van der Waals surface area contributed by atoms with E-state index in [2.05, 4.69) is 21.3 Å². The van der Waals surface area contributed by atoms with Gasteiger partial charge in [0.05, 0.1) is 19.8 Å². The van der Waals surface area contributed by atoms with Crippen molar-refractivity contribution in [2.24, 2.45) is 17.8 Å². The molecule has 4 rings (SSSR count). The summed E-state index contributed by atoms with van der Waals surface area (Å²) in [5.41, 5.74) is 1.13. The molecule has 0 unspecified atom stereocenters. The van der Waals surface area contributed by atoms with Gasteiger partial charge in [0.15, 0.2) is 0 Å².